The highest BCUT2D eigenvalue weighted by Crippen LogP contribution is 2.29. The average molecular weight is 394 g/mol. The molecule has 4 N–H and O–H groups in total. The van der Waals surface area contributed by atoms with Crippen LogP contribution in [0.2, 0.25) is 0 Å². The van der Waals surface area contributed by atoms with Crippen LogP contribution in [0.4, 0.5) is 5.69 Å². The molecule has 0 radical (unpaired) electrons. The number of carbonyl (C=O) groups excluding carboxylic acids is 3. The number of aromatic amines is 1. The van der Waals surface area contributed by atoms with Gasteiger partial charge in [-0.05, 0) is 55.5 Å². The first kappa shape index (κ1) is 18.9. The number of aromatic nitrogens is 1. The van der Waals surface area contributed by atoms with Gasteiger partial charge in [-0.1, -0.05) is 6.07 Å². The zero-order valence-corrected chi connectivity index (χ0v) is 15.9. The third-order valence-corrected chi connectivity index (χ3v) is 5.52. The lowest BCUT2D eigenvalue weighted by atomic mass is 9.90. The largest absolute Gasteiger partial charge is 0.365 e. The van der Waals surface area contributed by atoms with Gasteiger partial charge in [0.25, 0.3) is 17.4 Å². The van der Waals surface area contributed by atoms with Crippen LogP contribution in [0.5, 0.6) is 0 Å². The van der Waals surface area contributed by atoms with Crippen LogP contribution < -0.4 is 21.5 Å². The van der Waals surface area contributed by atoms with Crippen LogP contribution in [0.15, 0.2) is 35.1 Å². The fourth-order valence-corrected chi connectivity index (χ4v) is 4.05. The third kappa shape index (κ3) is 3.65. The van der Waals surface area contributed by atoms with Crippen LogP contribution in [0, 0.1) is 0 Å². The van der Waals surface area contributed by atoms with Crippen molar-refractivity contribution in [1.82, 2.24) is 10.3 Å². The summed E-state index contributed by atoms with van der Waals surface area (Å²) in [5, 5.41) is 2.99. The number of nitrogens with zero attached hydrogens (tertiary/aromatic N) is 1. The van der Waals surface area contributed by atoms with E-state index in [1.54, 1.807) is 23.1 Å². The summed E-state index contributed by atoms with van der Waals surface area (Å²) < 4.78 is 0. The van der Waals surface area contributed by atoms with Crippen LogP contribution in [-0.2, 0) is 11.2 Å². The Balaban J connectivity index is 1.59. The molecule has 3 amide bonds. The molecule has 29 heavy (non-hydrogen) atoms. The van der Waals surface area contributed by atoms with Gasteiger partial charge in [-0.25, -0.2) is 0 Å². The van der Waals surface area contributed by atoms with Gasteiger partial charge in [0.2, 0.25) is 5.91 Å². The Morgan fingerprint density at radius 3 is 2.69 bits per heavy atom. The molecule has 1 aromatic carbocycles. The summed E-state index contributed by atoms with van der Waals surface area (Å²) >= 11 is 0. The number of amides is 3. The van der Waals surface area contributed by atoms with Crippen molar-refractivity contribution < 1.29 is 14.4 Å². The van der Waals surface area contributed by atoms with Crippen LogP contribution in [0.25, 0.3) is 0 Å². The first-order valence-electron chi connectivity index (χ1n) is 9.71. The molecule has 8 heteroatoms. The van der Waals surface area contributed by atoms with Crippen LogP contribution in [0.3, 0.4) is 0 Å². The molecule has 2 aromatic rings. The number of hydrogen-bond acceptors (Lipinski definition) is 4. The number of H-pyrrole nitrogens is 1. The SMILES string of the molecule is NC(=O)c1cc2c([nH]c1=O)CCCC2NC(=O)c1cccc(N2CCCC2=O)c1. The molecule has 1 aromatic heterocycles. The predicted octanol–water partition coefficient (Wildman–Crippen LogP) is 1.41. The van der Waals surface area contributed by atoms with E-state index in [-0.39, 0.29) is 23.4 Å². The number of hydrogen-bond donors (Lipinski definition) is 3. The van der Waals surface area contributed by atoms with Gasteiger partial charge in [0, 0.05) is 29.9 Å². The molecule has 2 aliphatic rings. The van der Waals surface area contributed by atoms with Gasteiger partial charge in [0.15, 0.2) is 0 Å². The first-order valence-corrected chi connectivity index (χ1v) is 9.71. The monoisotopic (exact) mass is 394 g/mol. The maximum atomic E-state index is 12.9. The van der Waals surface area contributed by atoms with Crippen molar-refractivity contribution in [3.05, 3.63) is 63.1 Å². The van der Waals surface area contributed by atoms with Crippen molar-refractivity contribution in [3.63, 3.8) is 0 Å². The second-order valence-electron chi connectivity index (χ2n) is 7.43. The Kier molecular flexibility index (Phi) is 4.92. The Labute approximate surface area is 167 Å². The summed E-state index contributed by atoms with van der Waals surface area (Å²) in [5.74, 6) is -1.01. The number of fused-ring (bicyclic) bond motifs is 1. The van der Waals surface area contributed by atoms with E-state index in [2.05, 4.69) is 10.3 Å². The first-order chi connectivity index (χ1) is 13.9. The summed E-state index contributed by atoms with van der Waals surface area (Å²) in [5.41, 5.74) is 7.27. The lowest BCUT2D eigenvalue weighted by Gasteiger charge is -2.26. The molecule has 4 rings (SSSR count). The Morgan fingerprint density at radius 2 is 1.97 bits per heavy atom. The van der Waals surface area contributed by atoms with E-state index in [1.807, 2.05) is 6.07 Å². The molecule has 2 heterocycles. The van der Waals surface area contributed by atoms with Gasteiger partial charge in [0.05, 0.1) is 6.04 Å². The van der Waals surface area contributed by atoms with Crippen molar-refractivity contribution in [3.8, 4) is 0 Å². The maximum Gasteiger partial charge on any atom is 0.261 e. The normalized spacial score (nSPS) is 18.4. The zero-order valence-electron chi connectivity index (χ0n) is 15.9. The summed E-state index contributed by atoms with van der Waals surface area (Å²) in [6, 6.07) is 8.14. The fourth-order valence-electron chi connectivity index (χ4n) is 4.05. The summed E-state index contributed by atoms with van der Waals surface area (Å²) in [7, 11) is 0. The number of primary amides is 1. The molecular formula is C21H22N4O4. The smallest absolute Gasteiger partial charge is 0.261 e. The van der Waals surface area contributed by atoms with Gasteiger partial charge in [-0.15, -0.1) is 0 Å². The van der Waals surface area contributed by atoms with E-state index in [4.69, 9.17) is 5.73 Å². The van der Waals surface area contributed by atoms with E-state index in [0.29, 0.717) is 48.3 Å². The molecule has 0 spiro atoms. The van der Waals surface area contributed by atoms with Crippen molar-refractivity contribution in [2.75, 3.05) is 11.4 Å². The lowest BCUT2D eigenvalue weighted by molar-refractivity contribution is -0.117. The highest BCUT2D eigenvalue weighted by molar-refractivity contribution is 5.99. The molecule has 1 atom stereocenters. The number of rotatable bonds is 4. The lowest BCUT2D eigenvalue weighted by Crippen LogP contribution is -2.34. The Hall–Kier alpha value is -3.42. The van der Waals surface area contributed by atoms with Gasteiger partial charge >= 0.3 is 0 Å². The Morgan fingerprint density at radius 1 is 1.14 bits per heavy atom. The van der Waals surface area contributed by atoms with Gasteiger partial charge in [-0.3, -0.25) is 19.2 Å². The highest BCUT2D eigenvalue weighted by Gasteiger charge is 2.26. The van der Waals surface area contributed by atoms with Crippen molar-refractivity contribution in [2.45, 2.75) is 38.1 Å². The molecule has 0 saturated carbocycles. The van der Waals surface area contributed by atoms with Crippen molar-refractivity contribution in [1.29, 1.82) is 0 Å². The third-order valence-electron chi connectivity index (χ3n) is 5.52. The molecule has 1 aliphatic carbocycles. The molecular weight excluding hydrogens is 372 g/mol. The Bertz CT molecular complexity index is 1060. The quantitative estimate of drug-likeness (QED) is 0.725. The molecule has 0 bridgehead atoms. The van der Waals surface area contributed by atoms with Gasteiger partial charge < -0.3 is 20.9 Å². The predicted molar refractivity (Wildman–Crippen MR) is 107 cm³/mol. The number of nitrogens with one attached hydrogen (secondary N) is 2. The summed E-state index contributed by atoms with van der Waals surface area (Å²) in [6.07, 6.45) is 3.49. The minimum atomic E-state index is -0.798. The topological polar surface area (TPSA) is 125 Å². The second kappa shape index (κ2) is 7.54. The van der Waals surface area contributed by atoms with E-state index in [0.717, 1.165) is 12.8 Å². The molecule has 1 fully saturated rings. The minimum absolute atomic E-state index is 0.0618. The summed E-state index contributed by atoms with van der Waals surface area (Å²) in [6.45, 7) is 0.656. The number of nitrogens with two attached hydrogens (primary N) is 1. The zero-order chi connectivity index (χ0) is 20.5. The van der Waals surface area contributed by atoms with Crippen molar-refractivity contribution >= 4 is 23.4 Å². The van der Waals surface area contributed by atoms with E-state index in [1.165, 1.54) is 6.07 Å². The molecule has 1 aliphatic heterocycles. The summed E-state index contributed by atoms with van der Waals surface area (Å²) in [4.78, 5) is 52.8. The number of aryl methyl sites for hydroxylation is 1. The molecule has 1 unspecified atom stereocenters. The number of anilines is 1. The van der Waals surface area contributed by atoms with Gasteiger partial charge in [-0.2, -0.15) is 0 Å². The van der Waals surface area contributed by atoms with Crippen LogP contribution >= 0.6 is 0 Å². The maximum absolute atomic E-state index is 12.9. The number of carbonyl (C=O) groups is 3. The van der Waals surface area contributed by atoms with E-state index in [9.17, 15) is 19.2 Å². The van der Waals surface area contributed by atoms with E-state index < -0.39 is 11.5 Å². The minimum Gasteiger partial charge on any atom is -0.365 e. The molecule has 150 valence electrons. The average Bonchev–Trinajstić information content (AvgIpc) is 3.13. The molecule has 8 nitrogen and oxygen atoms in total. The standard InChI is InChI=1S/C21H22N4O4/c22-19(27)15-11-14-16(6-2-7-17(14)24-21(15)29)23-20(28)12-4-1-5-13(10-12)25-9-3-8-18(25)26/h1,4-5,10-11,16H,2-3,6-9H2,(H2,22,27)(H,23,28)(H,24,29). The number of pyridine rings is 1. The van der Waals surface area contributed by atoms with Gasteiger partial charge in [0.1, 0.15) is 5.56 Å². The molecule has 1 saturated heterocycles. The van der Waals surface area contributed by atoms with Crippen molar-refractivity contribution in [2.24, 2.45) is 5.73 Å². The fraction of sp³-hybridized carbons (Fsp3) is 0.333. The van der Waals surface area contributed by atoms with Crippen LogP contribution in [0.1, 0.15) is 63.7 Å². The van der Waals surface area contributed by atoms with E-state index >= 15 is 0 Å². The second-order valence-corrected chi connectivity index (χ2v) is 7.43. The van der Waals surface area contributed by atoms with Crippen LogP contribution in [-0.4, -0.2) is 29.3 Å². The number of benzene rings is 1. The highest BCUT2D eigenvalue weighted by atomic mass is 16.2.